The summed E-state index contributed by atoms with van der Waals surface area (Å²) in [6.07, 6.45) is 0.951. The zero-order chi connectivity index (χ0) is 23.2. The van der Waals surface area contributed by atoms with Crippen LogP contribution in [0.2, 0.25) is 0 Å². The number of anilines is 2. The fourth-order valence-corrected chi connectivity index (χ4v) is 2.81. The van der Waals surface area contributed by atoms with E-state index in [-0.39, 0.29) is 0 Å². The summed E-state index contributed by atoms with van der Waals surface area (Å²) in [4.78, 5) is 40.2. The largest absolute Gasteiger partial charge is 0.497 e. The van der Waals surface area contributed by atoms with Crippen molar-refractivity contribution in [2.24, 2.45) is 5.92 Å². The van der Waals surface area contributed by atoms with Crippen LogP contribution in [-0.2, 0) is 19.1 Å². The van der Waals surface area contributed by atoms with Crippen LogP contribution in [0.4, 0.5) is 11.4 Å². The number of ketones is 1. The molecule has 0 bridgehead atoms. The molecule has 0 N–H and O–H groups in total. The second kappa shape index (κ2) is 9.93. The van der Waals surface area contributed by atoms with Crippen LogP contribution < -0.4 is 14.4 Å². The van der Waals surface area contributed by atoms with E-state index in [1.165, 1.54) is 19.1 Å². The van der Waals surface area contributed by atoms with Crippen LogP contribution in [0.5, 0.6) is 11.5 Å². The van der Waals surface area contributed by atoms with Crippen LogP contribution in [0, 0.1) is 5.92 Å². The maximum atomic E-state index is 13.6. The lowest BCUT2D eigenvalue weighted by molar-refractivity contribution is -0.163. The van der Waals surface area contributed by atoms with E-state index in [1.807, 2.05) is 0 Å². The molecule has 0 fully saturated rings. The van der Waals surface area contributed by atoms with Crippen molar-refractivity contribution in [1.82, 2.24) is 0 Å². The molecule has 0 saturated heterocycles. The van der Waals surface area contributed by atoms with E-state index < -0.39 is 29.2 Å². The highest BCUT2D eigenvalue weighted by atomic mass is 16.6. The summed E-state index contributed by atoms with van der Waals surface area (Å²) in [7, 11) is 3.06. The quantitative estimate of drug-likeness (QED) is 0.360. The Kier molecular flexibility index (Phi) is 7.58. The van der Waals surface area contributed by atoms with Crippen molar-refractivity contribution in [2.75, 3.05) is 19.1 Å². The Labute approximate surface area is 182 Å². The minimum absolute atomic E-state index is 0.446. The standard InChI is InChI=1S/C24H27NO6/c1-7-20(26)21(23(28)31-24(2,3)4)22(27)25(16-8-12-18(29-5)13-9-16)17-10-14-19(30-6)15-11-17/h7-15,21H,1H2,2-6H3/t21-/m0/s1. The molecule has 31 heavy (non-hydrogen) atoms. The normalized spacial score (nSPS) is 11.8. The third-order valence-corrected chi connectivity index (χ3v) is 4.26. The van der Waals surface area contributed by atoms with Crippen molar-refractivity contribution in [3.63, 3.8) is 0 Å². The SMILES string of the molecule is C=CC(=O)[C@H](C(=O)OC(C)(C)C)C(=O)N(c1ccc(OC)cc1)c1ccc(OC)cc1. The number of ether oxygens (including phenoxy) is 3. The van der Waals surface area contributed by atoms with Gasteiger partial charge in [-0.1, -0.05) is 6.58 Å². The van der Waals surface area contributed by atoms with Crippen molar-refractivity contribution in [3.05, 3.63) is 61.2 Å². The van der Waals surface area contributed by atoms with Gasteiger partial charge in [-0.3, -0.25) is 19.3 Å². The Morgan fingerprint density at radius 1 is 0.871 bits per heavy atom. The van der Waals surface area contributed by atoms with E-state index in [2.05, 4.69) is 6.58 Å². The molecule has 1 amide bonds. The first-order valence-electron chi connectivity index (χ1n) is 9.62. The lowest BCUT2D eigenvalue weighted by Gasteiger charge is -2.28. The number of benzene rings is 2. The highest BCUT2D eigenvalue weighted by molar-refractivity contribution is 6.25. The number of esters is 1. The number of carbonyl (C=O) groups excluding carboxylic acids is 3. The van der Waals surface area contributed by atoms with Crippen molar-refractivity contribution in [3.8, 4) is 11.5 Å². The molecule has 0 heterocycles. The highest BCUT2D eigenvalue weighted by Crippen LogP contribution is 2.31. The molecule has 2 rings (SSSR count). The molecule has 2 aromatic rings. The first kappa shape index (κ1) is 23.7. The van der Waals surface area contributed by atoms with Gasteiger partial charge in [0.15, 0.2) is 11.7 Å². The Morgan fingerprint density at radius 2 is 1.29 bits per heavy atom. The molecular weight excluding hydrogens is 398 g/mol. The minimum atomic E-state index is -1.69. The first-order chi connectivity index (χ1) is 14.6. The molecule has 1 atom stereocenters. The summed E-state index contributed by atoms with van der Waals surface area (Å²) in [5.41, 5.74) is 0.0186. The molecule has 0 aliphatic carbocycles. The van der Waals surface area contributed by atoms with Crippen molar-refractivity contribution in [2.45, 2.75) is 26.4 Å². The number of nitrogens with zero attached hydrogens (tertiary/aromatic N) is 1. The van der Waals surface area contributed by atoms with Crippen LogP contribution in [-0.4, -0.2) is 37.5 Å². The number of amides is 1. The van der Waals surface area contributed by atoms with E-state index in [4.69, 9.17) is 14.2 Å². The summed E-state index contributed by atoms with van der Waals surface area (Å²) in [5, 5.41) is 0. The average Bonchev–Trinajstić information content (AvgIpc) is 2.73. The average molecular weight is 425 g/mol. The van der Waals surface area contributed by atoms with Crippen LogP contribution in [0.25, 0.3) is 0 Å². The van der Waals surface area contributed by atoms with Gasteiger partial charge in [0.05, 0.1) is 14.2 Å². The number of carbonyl (C=O) groups is 3. The maximum absolute atomic E-state index is 13.6. The monoisotopic (exact) mass is 425 g/mol. The van der Waals surface area contributed by atoms with E-state index in [9.17, 15) is 14.4 Å². The van der Waals surface area contributed by atoms with Gasteiger partial charge in [-0.2, -0.15) is 0 Å². The molecule has 164 valence electrons. The van der Waals surface area contributed by atoms with Crippen LogP contribution in [0.15, 0.2) is 61.2 Å². The Morgan fingerprint density at radius 3 is 1.61 bits per heavy atom. The molecule has 0 spiro atoms. The molecule has 2 aromatic carbocycles. The van der Waals surface area contributed by atoms with Crippen LogP contribution in [0.3, 0.4) is 0 Å². The summed E-state index contributed by atoms with van der Waals surface area (Å²) in [6.45, 7) is 8.42. The van der Waals surface area contributed by atoms with Crippen LogP contribution >= 0.6 is 0 Å². The smallest absolute Gasteiger partial charge is 0.327 e. The molecule has 7 nitrogen and oxygen atoms in total. The van der Waals surface area contributed by atoms with E-state index in [0.717, 1.165) is 6.08 Å². The number of hydrogen-bond acceptors (Lipinski definition) is 6. The fourth-order valence-electron chi connectivity index (χ4n) is 2.81. The number of allylic oxidation sites excluding steroid dienone is 1. The zero-order valence-corrected chi connectivity index (χ0v) is 18.4. The summed E-state index contributed by atoms with van der Waals surface area (Å²) >= 11 is 0. The fraction of sp³-hybridized carbons (Fsp3) is 0.292. The second-order valence-electron chi connectivity index (χ2n) is 7.64. The maximum Gasteiger partial charge on any atom is 0.327 e. The van der Waals surface area contributed by atoms with Gasteiger partial charge in [-0.05, 0) is 75.4 Å². The Bertz CT molecular complexity index is 894. The lowest BCUT2D eigenvalue weighted by atomic mass is 10.0. The molecule has 0 aliphatic heterocycles. The van der Waals surface area contributed by atoms with Gasteiger partial charge in [-0.25, -0.2) is 0 Å². The van der Waals surface area contributed by atoms with Gasteiger partial charge in [0.1, 0.15) is 17.1 Å². The zero-order valence-electron chi connectivity index (χ0n) is 18.4. The van der Waals surface area contributed by atoms with Crippen molar-refractivity contribution in [1.29, 1.82) is 0 Å². The number of hydrogen-bond donors (Lipinski definition) is 0. The van der Waals surface area contributed by atoms with Gasteiger partial charge < -0.3 is 14.2 Å². The first-order valence-corrected chi connectivity index (χ1v) is 9.62. The summed E-state index contributed by atoms with van der Waals surface area (Å²) in [6, 6.07) is 13.3. The predicted octanol–water partition coefficient (Wildman–Crippen LogP) is 4.08. The number of rotatable bonds is 8. The lowest BCUT2D eigenvalue weighted by Crippen LogP contribution is -2.43. The molecular formula is C24H27NO6. The van der Waals surface area contributed by atoms with Gasteiger partial charge in [-0.15, -0.1) is 0 Å². The van der Waals surface area contributed by atoms with Gasteiger partial charge in [0, 0.05) is 11.4 Å². The van der Waals surface area contributed by atoms with E-state index >= 15 is 0 Å². The minimum Gasteiger partial charge on any atom is -0.497 e. The third kappa shape index (κ3) is 5.94. The second-order valence-corrected chi connectivity index (χ2v) is 7.64. The Hall–Kier alpha value is -3.61. The van der Waals surface area contributed by atoms with Gasteiger partial charge >= 0.3 is 5.97 Å². The molecule has 7 heteroatoms. The number of methoxy groups -OCH3 is 2. The molecule has 0 unspecified atom stereocenters. The van der Waals surface area contributed by atoms with Gasteiger partial charge in [0.25, 0.3) is 5.91 Å². The highest BCUT2D eigenvalue weighted by Gasteiger charge is 2.39. The van der Waals surface area contributed by atoms with E-state index in [1.54, 1.807) is 69.3 Å². The predicted molar refractivity (Wildman–Crippen MR) is 118 cm³/mol. The summed E-state index contributed by atoms with van der Waals surface area (Å²) in [5.74, 6) is -2.94. The van der Waals surface area contributed by atoms with Crippen molar-refractivity contribution >= 4 is 29.0 Å². The topological polar surface area (TPSA) is 82.1 Å². The molecule has 0 aromatic heterocycles. The third-order valence-electron chi connectivity index (χ3n) is 4.26. The van der Waals surface area contributed by atoms with Gasteiger partial charge in [0.2, 0.25) is 0 Å². The van der Waals surface area contributed by atoms with E-state index in [0.29, 0.717) is 22.9 Å². The molecule has 0 radical (unpaired) electrons. The summed E-state index contributed by atoms with van der Waals surface area (Å²) < 4.78 is 15.7. The van der Waals surface area contributed by atoms with Crippen molar-refractivity contribution < 1.29 is 28.6 Å². The Balaban J connectivity index is 2.57. The van der Waals surface area contributed by atoms with Crippen LogP contribution in [0.1, 0.15) is 20.8 Å². The molecule has 0 saturated carbocycles. The molecule has 0 aliphatic rings.